The minimum atomic E-state index is -0.0876. The molecule has 3 aromatic rings. The first kappa shape index (κ1) is 15.8. The third-order valence-corrected chi connectivity index (χ3v) is 4.41. The fourth-order valence-electron chi connectivity index (χ4n) is 2.43. The Labute approximate surface area is 144 Å². The molecule has 23 heavy (non-hydrogen) atoms. The van der Waals surface area contributed by atoms with Crippen LogP contribution in [0.2, 0.25) is 10.0 Å². The number of hydrogen-bond acceptors (Lipinski definition) is 2. The number of halogens is 2. The number of nitrogens with zero attached hydrogens (tertiary/aromatic N) is 2. The van der Waals surface area contributed by atoms with Crippen molar-refractivity contribution in [1.29, 1.82) is 0 Å². The van der Waals surface area contributed by atoms with Gasteiger partial charge in [0.2, 0.25) is 5.91 Å². The van der Waals surface area contributed by atoms with Gasteiger partial charge in [-0.25, -0.2) is 4.98 Å². The summed E-state index contributed by atoms with van der Waals surface area (Å²) < 4.78 is 1.98. The first-order valence-corrected chi connectivity index (χ1v) is 7.91. The summed E-state index contributed by atoms with van der Waals surface area (Å²) in [4.78, 5) is 16.6. The number of aryl methyl sites for hydroxylation is 1. The zero-order chi connectivity index (χ0) is 16.4. The zero-order valence-electron chi connectivity index (χ0n) is 12.5. The number of hydrogen-bond donors (Lipinski definition) is 1. The predicted molar refractivity (Wildman–Crippen MR) is 92.7 cm³/mol. The molecule has 1 aromatic heterocycles. The quantitative estimate of drug-likeness (QED) is 0.781. The van der Waals surface area contributed by atoms with Crippen LogP contribution in [0.4, 0.5) is 0 Å². The van der Waals surface area contributed by atoms with E-state index in [1.54, 1.807) is 18.2 Å². The van der Waals surface area contributed by atoms with Crippen LogP contribution in [0, 0.1) is 0 Å². The average Bonchev–Trinajstić information content (AvgIpc) is 2.86. The van der Waals surface area contributed by atoms with E-state index >= 15 is 0 Å². The molecule has 0 aliphatic rings. The van der Waals surface area contributed by atoms with Crippen LogP contribution < -0.4 is 5.32 Å². The second-order valence-electron chi connectivity index (χ2n) is 5.28. The van der Waals surface area contributed by atoms with Crippen LogP contribution in [0.3, 0.4) is 0 Å². The number of aromatic nitrogens is 2. The summed E-state index contributed by atoms with van der Waals surface area (Å²) in [6.45, 7) is 0.380. The van der Waals surface area contributed by atoms with E-state index in [-0.39, 0.29) is 12.3 Å². The van der Waals surface area contributed by atoms with Crippen LogP contribution in [-0.4, -0.2) is 15.5 Å². The SMILES string of the molecule is Cn1c(CNC(=O)Cc2ccc(Cl)c(Cl)c2)nc2ccccc21. The van der Waals surface area contributed by atoms with Crippen molar-refractivity contribution in [3.05, 3.63) is 63.9 Å². The van der Waals surface area contributed by atoms with Crippen molar-refractivity contribution in [1.82, 2.24) is 14.9 Å². The maximum atomic E-state index is 12.1. The first-order chi connectivity index (χ1) is 11.0. The summed E-state index contributed by atoms with van der Waals surface area (Å²) >= 11 is 11.8. The highest BCUT2D eigenvalue weighted by atomic mass is 35.5. The molecule has 0 fully saturated rings. The van der Waals surface area contributed by atoms with E-state index in [1.165, 1.54) is 0 Å². The Kier molecular flexibility index (Phi) is 4.55. The second kappa shape index (κ2) is 6.60. The standard InChI is InChI=1S/C17H15Cl2N3O/c1-22-15-5-3-2-4-14(15)21-16(22)10-20-17(23)9-11-6-7-12(18)13(19)8-11/h2-8H,9-10H2,1H3,(H,20,23). The number of carbonyl (C=O) groups excluding carboxylic acids is 1. The molecule has 0 aliphatic carbocycles. The molecule has 0 saturated carbocycles. The predicted octanol–water partition coefficient (Wildman–Crippen LogP) is 3.74. The number of amides is 1. The van der Waals surface area contributed by atoms with Gasteiger partial charge in [0.1, 0.15) is 5.82 Å². The molecule has 0 bridgehead atoms. The van der Waals surface area contributed by atoms with Gasteiger partial charge in [0.15, 0.2) is 0 Å². The molecule has 0 unspecified atom stereocenters. The summed E-state index contributed by atoms with van der Waals surface area (Å²) in [6, 6.07) is 13.1. The van der Waals surface area contributed by atoms with Gasteiger partial charge in [-0.15, -0.1) is 0 Å². The van der Waals surface area contributed by atoms with Gasteiger partial charge in [-0.2, -0.15) is 0 Å². The molecule has 0 atom stereocenters. The number of para-hydroxylation sites is 2. The zero-order valence-corrected chi connectivity index (χ0v) is 14.0. The van der Waals surface area contributed by atoms with Crippen molar-refractivity contribution in [3.63, 3.8) is 0 Å². The molecule has 4 nitrogen and oxygen atoms in total. The van der Waals surface area contributed by atoms with E-state index in [2.05, 4.69) is 10.3 Å². The van der Waals surface area contributed by atoms with Gasteiger partial charge in [0.25, 0.3) is 0 Å². The highest BCUT2D eigenvalue weighted by Gasteiger charge is 2.10. The molecular formula is C17H15Cl2N3O. The lowest BCUT2D eigenvalue weighted by Gasteiger charge is -2.06. The van der Waals surface area contributed by atoms with Crippen LogP contribution in [0.25, 0.3) is 11.0 Å². The van der Waals surface area contributed by atoms with Crippen molar-refractivity contribution >= 4 is 40.1 Å². The Hall–Kier alpha value is -2.04. The van der Waals surface area contributed by atoms with Crippen LogP contribution in [0.1, 0.15) is 11.4 Å². The van der Waals surface area contributed by atoms with Gasteiger partial charge >= 0.3 is 0 Å². The number of fused-ring (bicyclic) bond motifs is 1. The Bertz CT molecular complexity index is 873. The molecule has 1 heterocycles. The maximum Gasteiger partial charge on any atom is 0.224 e. The molecule has 6 heteroatoms. The van der Waals surface area contributed by atoms with Crippen LogP contribution in [0.15, 0.2) is 42.5 Å². The van der Waals surface area contributed by atoms with E-state index in [4.69, 9.17) is 23.2 Å². The Morgan fingerprint density at radius 3 is 2.70 bits per heavy atom. The molecular weight excluding hydrogens is 333 g/mol. The first-order valence-electron chi connectivity index (χ1n) is 7.15. The van der Waals surface area contributed by atoms with Crippen LogP contribution in [0.5, 0.6) is 0 Å². The Morgan fingerprint density at radius 2 is 1.96 bits per heavy atom. The normalized spacial score (nSPS) is 10.9. The lowest BCUT2D eigenvalue weighted by atomic mass is 10.1. The number of carbonyl (C=O) groups is 1. The summed E-state index contributed by atoms with van der Waals surface area (Å²) in [5.74, 6) is 0.726. The number of imidazole rings is 1. The third kappa shape index (κ3) is 3.49. The molecule has 0 radical (unpaired) electrons. The lowest BCUT2D eigenvalue weighted by Crippen LogP contribution is -2.26. The topological polar surface area (TPSA) is 46.9 Å². The fraction of sp³-hybridized carbons (Fsp3) is 0.176. The smallest absolute Gasteiger partial charge is 0.224 e. The van der Waals surface area contributed by atoms with Crippen molar-refractivity contribution in [2.75, 3.05) is 0 Å². The van der Waals surface area contributed by atoms with Crippen LogP contribution in [-0.2, 0) is 24.8 Å². The molecule has 118 valence electrons. The fourth-order valence-corrected chi connectivity index (χ4v) is 2.75. The summed E-state index contributed by atoms with van der Waals surface area (Å²) in [7, 11) is 1.94. The summed E-state index contributed by atoms with van der Waals surface area (Å²) in [5.41, 5.74) is 2.78. The van der Waals surface area contributed by atoms with Crippen molar-refractivity contribution in [2.45, 2.75) is 13.0 Å². The second-order valence-corrected chi connectivity index (χ2v) is 6.09. The minimum Gasteiger partial charge on any atom is -0.349 e. The van der Waals surface area contributed by atoms with Crippen LogP contribution >= 0.6 is 23.2 Å². The van der Waals surface area contributed by atoms with E-state index in [9.17, 15) is 4.79 Å². The van der Waals surface area contributed by atoms with Gasteiger partial charge in [0, 0.05) is 7.05 Å². The van der Waals surface area contributed by atoms with Gasteiger partial charge in [0.05, 0.1) is 34.0 Å². The Morgan fingerprint density at radius 1 is 1.17 bits per heavy atom. The van der Waals surface area contributed by atoms with Gasteiger partial charge in [-0.05, 0) is 29.8 Å². The molecule has 0 spiro atoms. The Balaban J connectivity index is 1.66. The third-order valence-electron chi connectivity index (χ3n) is 3.67. The monoisotopic (exact) mass is 347 g/mol. The largest absolute Gasteiger partial charge is 0.349 e. The summed E-state index contributed by atoms with van der Waals surface area (Å²) in [5, 5.41) is 3.82. The maximum absolute atomic E-state index is 12.1. The summed E-state index contributed by atoms with van der Waals surface area (Å²) in [6.07, 6.45) is 0.251. The minimum absolute atomic E-state index is 0.0876. The van der Waals surface area contributed by atoms with Crippen molar-refractivity contribution in [3.8, 4) is 0 Å². The molecule has 3 rings (SSSR count). The van der Waals surface area contributed by atoms with E-state index in [0.29, 0.717) is 16.6 Å². The van der Waals surface area contributed by atoms with Crippen molar-refractivity contribution in [2.24, 2.45) is 7.05 Å². The van der Waals surface area contributed by atoms with Gasteiger partial charge in [-0.3, -0.25) is 4.79 Å². The lowest BCUT2D eigenvalue weighted by molar-refractivity contribution is -0.120. The van der Waals surface area contributed by atoms with E-state index < -0.39 is 0 Å². The van der Waals surface area contributed by atoms with Gasteiger partial charge < -0.3 is 9.88 Å². The van der Waals surface area contributed by atoms with Gasteiger partial charge in [-0.1, -0.05) is 41.4 Å². The number of rotatable bonds is 4. The highest BCUT2D eigenvalue weighted by molar-refractivity contribution is 6.42. The molecule has 0 saturated heterocycles. The van der Waals surface area contributed by atoms with E-state index in [1.807, 2.05) is 35.9 Å². The van der Waals surface area contributed by atoms with Crippen molar-refractivity contribution < 1.29 is 4.79 Å². The highest BCUT2D eigenvalue weighted by Crippen LogP contribution is 2.22. The number of nitrogens with one attached hydrogen (secondary N) is 1. The molecule has 1 N–H and O–H groups in total. The number of benzene rings is 2. The molecule has 1 amide bonds. The molecule has 2 aromatic carbocycles. The van der Waals surface area contributed by atoms with E-state index in [0.717, 1.165) is 22.4 Å². The average molecular weight is 348 g/mol. The molecule has 0 aliphatic heterocycles.